The molecule has 0 N–H and O–H groups in total. The third-order valence-electron chi connectivity index (χ3n) is 1.12. The molecule has 1 aliphatic heterocycles. The number of ether oxygens (including phenoxy) is 1. The minimum atomic E-state index is -2.50. The average molecular weight is 223 g/mol. The second-order valence-corrected chi connectivity index (χ2v) is 3.17. The van der Waals surface area contributed by atoms with E-state index >= 15 is 0 Å². The molecule has 0 aromatic rings. The molecule has 0 aliphatic carbocycles. The molecule has 0 fully saturated rings. The first kappa shape index (κ1) is 13.8. The number of hydrogen-bond donors (Lipinski definition) is 0. The van der Waals surface area contributed by atoms with E-state index in [2.05, 4.69) is 14.7 Å². The third-order valence-corrected chi connectivity index (χ3v) is 1.12. The lowest BCUT2D eigenvalue weighted by Gasteiger charge is -1.96. The molecule has 0 unspecified atom stereocenters. The van der Waals surface area contributed by atoms with Gasteiger partial charge in [-0.25, -0.2) is 13.6 Å². The number of carbonyl (C=O) groups excluding carboxylic acids is 1. The van der Waals surface area contributed by atoms with E-state index in [0.29, 0.717) is 25.3 Å². The first-order valence-corrected chi connectivity index (χ1v) is 4.58. The van der Waals surface area contributed by atoms with Crippen molar-refractivity contribution >= 4 is 11.7 Å². The number of esters is 1. The molecule has 1 aliphatic rings. The van der Waals surface area contributed by atoms with Gasteiger partial charge >= 0.3 is 5.97 Å². The quantitative estimate of drug-likeness (QED) is 0.672. The minimum absolute atomic E-state index is 0.361. The fraction of sp³-hybridized carbons (Fsp3) is 0.778. The number of rotatable bonds is 2. The molecule has 0 atom stereocenters. The summed E-state index contributed by atoms with van der Waals surface area (Å²) in [5.41, 5.74) is 0.391. The van der Waals surface area contributed by atoms with Gasteiger partial charge in [-0.15, -0.1) is 0 Å². The molecule has 0 saturated carbocycles. The van der Waals surface area contributed by atoms with Crippen molar-refractivity contribution in [2.75, 3.05) is 13.2 Å². The Morgan fingerprint density at radius 1 is 1.60 bits per heavy atom. The van der Waals surface area contributed by atoms with Gasteiger partial charge in [0.25, 0.3) is 0 Å². The summed E-state index contributed by atoms with van der Waals surface area (Å²) in [5, 5.41) is 3.50. The van der Waals surface area contributed by atoms with Gasteiger partial charge in [-0.3, -0.25) is 0 Å². The Morgan fingerprint density at radius 2 is 2.13 bits per heavy atom. The number of halogens is 2. The van der Waals surface area contributed by atoms with Crippen molar-refractivity contribution < 1.29 is 23.1 Å². The highest BCUT2D eigenvalue weighted by Crippen LogP contribution is 2.06. The van der Waals surface area contributed by atoms with Crippen molar-refractivity contribution in [3.63, 3.8) is 0 Å². The lowest BCUT2D eigenvalue weighted by Crippen LogP contribution is -2.15. The van der Waals surface area contributed by atoms with Crippen LogP contribution >= 0.6 is 0 Å². The van der Waals surface area contributed by atoms with Crippen LogP contribution in [-0.4, -0.2) is 30.8 Å². The van der Waals surface area contributed by atoms with Gasteiger partial charge in [0.15, 0.2) is 5.71 Å². The van der Waals surface area contributed by atoms with Crippen LogP contribution in [-0.2, 0) is 14.4 Å². The molecular weight excluding hydrogens is 208 g/mol. The molecule has 0 radical (unpaired) electrons. The van der Waals surface area contributed by atoms with Crippen molar-refractivity contribution in [2.24, 2.45) is 5.16 Å². The Morgan fingerprint density at radius 3 is 2.47 bits per heavy atom. The zero-order valence-electron chi connectivity index (χ0n) is 9.05. The Bertz CT molecular complexity index is 230. The van der Waals surface area contributed by atoms with E-state index in [1.165, 1.54) is 0 Å². The number of carbonyl (C=O) groups is 1. The molecule has 0 aromatic carbocycles. The van der Waals surface area contributed by atoms with Crippen molar-refractivity contribution in [1.29, 1.82) is 0 Å². The number of alkyl halides is 2. The molecule has 15 heavy (non-hydrogen) atoms. The van der Waals surface area contributed by atoms with Crippen LogP contribution in [0.4, 0.5) is 8.78 Å². The highest BCUT2D eigenvalue weighted by Gasteiger charge is 2.17. The van der Waals surface area contributed by atoms with E-state index in [4.69, 9.17) is 0 Å². The Balaban J connectivity index is 0.000000336. The largest absolute Gasteiger partial charge is 0.461 e. The van der Waals surface area contributed by atoms with Gasteiger partial charge in [-0.1, -0.05) is 5.16 Å². The van der Waals surface area contributed by atoms with E-state index in [-0.39, 0.29) is 5.97 Å². The van der Waals surface area contributed by atoms with Gasteiger partial charge in [0, 0.05) is 6.42 Å². The fourth-order valence-electron chi connectivity index (χ4n) is 0.665. The van der Waals surface area contributed by atoms with E-state index in [0.717, 1.165) is 13.8 Å². The first-order valence-electron chi connectivity index (χ1n) is 4.58. The fourth-order valence-corrected chi connectivity index (χ4v) is 0.665. The van der Waals surface area contributed by atoms with Crippen LogP contribution in [0.25, 0.3) is 0 Å². The molecular formula is C9H15F2NO3. The second kappa shape index (κ2) is 6.31. The first-order chi connectivity index (χ1) is 6.84. The summed E-state index contributed by atoms with van der Waals surface area (Å²) >= 11 is 0. The highest BCUT2D eigenvalue weighted by atomic mass is 19.3. The van der Waals surface area contributed by atoms with Crippen LogP contribution in [0.5, 0.6) is 0 Å². The zero-order chi connectivity index (χ0) is 11.9. The van der Waals surface area contributed by atoms with E-state index in [9.17, 15) is 13.6 Å². The van der Waals surface area contributed by atoms with Gasteiger partial charge in [-0.2, -0.15) is 0 Å². The summed E-state index contributed by atoms with van der Waals surface area (Å²) in [5.74, 6) is -2.86. The van der Waals surface area contributed by atoms with Crippen molar-refractivity contribution in [1.82, 2.24) is 0 Å². The van der Waals surface area contributed by atoms with Crippen molar-refractivity contribution in [2.45, 2.75) is 33.1 Å². The molecule has 88 valence electrons. The van der Waals surface area contributed by atoms with Crippen LogP contribution < -0.4 is 0 Å². The number of oxime groups is 1. The Labute approximate surface area is 87.2 Å². The Kier molecular flexibility index (Phi) is 5.81. The Hall–Kier alpha value is -1.20. The maximum atomic E-state index is 11.0. The number of nitrogens with zero attached hydrogens (tertiary/aromatic N) is 1. The monoisotopic (exact) mass is 223 g/mol. The SMILES string of the molecule is CC(C)(F)F.CCOC(=O)C1=NOCC1. The topological polar surface area (TPSA) is 47.9 Å². The normalized spacial score (nSPS) is 14.6. The lowest BCUT2D eigenvalue weighted by atomic mass is 10.3. The van der Waals surface area contributed by atoms with Crippen molar-refractivity contribution in [3.8, 4) is 0 Å². The third kappa shape index (κ3) is 9.11. The van der Waals surface area contributed by atoms with Crippen LogP contribution in [0.3, 0.4) is 0 Å². The maximum Gasteiger partial charge on any atom is 0.356 e. The maximum absolute atomic E-state index is 11.0. The predicted molar refractivity (Wildman–Crippen MR) is 50.9 cm³/mol. The molecule has 0 saturated heterocycles. The predicted octanol–water partition coefficient (Wildman–Crippen LogP) is 1.99. The van der Waals surface area contributed by atoms with Gasteiger partial charge in [0.05, 0.1) is 6.61 Å². The van der Waals surface area contributed by atoms with E-state index in [1.54, 1.807) is 6.92 Å². The van der Waals surface area contributed by atoms with Crippen LogP contribution in [0.2, 0.25) is 0 Å². The summed E-state index contributed by atoms with van der Waals surface area (Å²) in [6.07, 6.45) is 0.568. The summed E-state index contributed by atoms with van der Waals surface area (Å²) in [6.45, 7) is 4.35. The minimum Gasteiger partial charge on any atom is -0.461 e. The molecule has 1 heterocycles. The molecule has 1 rings (SSSR count). The van der Waals surface area contributed by atoms with Crippen LogP contribution in [0.1, 0.15) is 27.2 Å². The smallest absolute Gasteiger partial charge is 0.356 e. The lowest BCUT2D eigenvalue weighted by molar-refractivity contribution is -0.135. The zero-order valence-corrected chi connectivity index (χ0v) is 9.05. The molecule has 0 amide bonds. The summed E-state index contributed by atoms with van der Waals surface area (Å²) in [7, 11) is 0. The molecule has 6 heteroatoms. The standard InChI is InChI=1S/C6H9NO3.C3H6F2/c1-2-9-6(8)5-3-4-10-7-5;1-3(2,4)5/h2-4H2,1H3;1-2H3. The molecule has 0 spiro atoms. The highest BCUT2D eigenvalue weighted by molar-refractivity contribution is 6.36. The van der Waals surface area contributed by atoms with Gasteiger partial charge in [-0.05, 0) is 20.8 Å². The molecule has 4 nitrogen and oxygen atoms in total. The molecule has 0 aromatic heterocycles. The summed E-state index contributed by atoms with van der Waals surface area (Å²) in [4.78, 5) is 15.4. The second-order valence-electron chi connectivity index (χ2n) is 3.17. The van der Waals surface area contributed by atoms with E-state index < -0.39 is 5.92 Å². The van der Waals surface area contributed by atoms with Crippen molar-refractivity contribution in [3.05, 3.63) is 0 Å². The van der Waals surface area contributed by atoms with Gasteiger partial charge < -0.3 is 9.57 Å². The van der Waals surface area contributed by atoms with Crippen LogP contribution in [0.15, 0.2) is 5.16 Å². The number of hydrogen-bond acceptors (Lipinski definition) is 4. The average Bonchev–Trinajstić information content (AvgIpc) is 2.52. The van der Waals surface area contributed by atoms with E-state index in [1.807, 2.05) is 0 Å². The van der Waals surface area contributed by atoms with Gasteiger partial charge in [0.2, 0.25) is 5.92 Å². The van der Waals surface area contributed by atoms with Gasteiger partial charge in [0.1, 0.15) is 6.61 Å². The molecule has 0 bridgehead atoms. The summed E-state index contributed by atoms with van der Waals surface area (Å²) < 4.78 is 26.7. The van der Waals surface area contributed by atoms with Crippen LogP contribution in [0, 0.1) is 0 Å². The summed E-state index contributed by atoms with van der Waals surface area (Å²) in [6, 6.07) is 0.